The van der Waals surface area contributed by atoms with E-state index in [4.69, 9.17) is 0 Å². The van der Waals surface area contributed by atoms with Crippen LogP contribution >= 0.6 is 0 Å². The number of hydrogen-bond acceptors (Lipinski definition) is 1. The van der Waals surface area contributed by atoms with E-state index in [-0.39, 0.29) is 0 Å². The van der Waals surface area contributed by atoms with Gasteiger partial charge in [0.15, 0.2) is 8.07 Å². The predicted molar refractivity (Wildman–Crippen MR) is 122 cm³/mol. The van der Waals surface area contributed by atoms with Crippen LogP contribution in [0, 0.1) is 29.2 Å². The van der Waals surface area contributed by atoms with Gasteiger partial charge in [0, 0.05) is 18.5 Å². The fourth-order valence-electron chi connectivity index (χ4n) is 5.23. The number of rotatable bonds is 4. The van der Waals surface area contributed by atoms with Crippen molar-refractivity contribution in [2.75, 3.05) is 0 Å². The molecule has 1 nitrogen and oxygen atoms in total. The average Bonchev–Trinajstić information content (AvgIpc) is 3.10. The molecule has 146 valence electrons. The van der Waals surface area contributed by atoms with Gasteiger partial charge in [-0.15, -0.1) is 11.5 Å². The molecule has 4 rings (SSSR count). The van der Waals surface area contributed by atoms with E-state index in [1.807, 2.05) is 0 Å². The van der Waals surface area contributed by atoms with Crippen LogP contribution < -0.4 is 10.5 Å². The molecule has 2 aromatic rings. The predicted octanol–water partition coefficient (Wildman–Crippen LogP) is 5.13. The van der Waals surface area contributed by atoms with Gasteiger partial charge in [0.05, 0.1) is 0 Å². The monoisotopic (exact) mass is 387 g/mol. The lowest BCUT2D eigenvalue weighted by Gasteiger charge is -2.28. The van der Waals surface area contributed by atoms with Crippen molar-refractivity contribution in [1.82, 2.24) is 5.32 Å². The molecule has 2 heteroatoms. The SMILES string of the molecule is C[Si](C)(C#C[C@@H]1[C@H]2CCCC[C@@H]2C[C@@H]1NCc1ccccc1)c1ccccc1. The van der Waals surface area contributed by atoms with Crippen LogP contribution in [0.2, 0.25) is 13.1 Å². The van der Waals surface area contributed by atoms with Gasteiger partial charge in [0.2, 0.25) is 0 Å². The lowest BCUT2D eigenvalue weighted by Crippen LogP contribution is -2.40. The minimum Gasteiger partial charge on any atom is -0.309 e. The third-order valence-corrected chi connectivity index (χ3v) is 9.42. The van der Waals surface area contributed by atoms with Gasteiger partial charge in [-0.25, -0.2) is 0 Å². The van der Waals surface area contributed by atoms with Gasteiger partial charge in [0.25, 0.3) is 0 Å². The van der Waals surface area contributed by atoms with Gasteiger partial charge in [-0.2, -0.15) is 0 Å². The average molecular weight is 388 g/mol. The minimum absolute atomic E-state index is 0.518. The number of hydrogen-bond donors (Lipinski definition) is 1. The highest BCUT2D eigenvalue weighted by molar-refractivity contribution is 6.96. The van der Waals surface area contributed by atoms with Crippen LogP contribution in [0.15, 0.2) is 60.7 Å². The van der Waals surface area contributed by atoms with Crippen molar-refractivity contribution >= 4 is 13.3 Å². The summed E-state index contributed by atoms with van der Waals surface area (Å²) >= 11 is 0. The van der Waals surface area contributed by atoms with Gasteiger partial charge in [-0.05, 0) is 35.4 Å². The first-order chi connectivity index (χ1) is 13.6. The third kappa shape index (κ3) is 4.42. The maximum atomic E-state index is 3.89. The summed E-state index contributed by atoms with van der Waals surface area (Å²) in [6.07, 6.45) is 6.90. The van der Waals surface area contributed by atoms with E-state index in [1.54, 1.807) is 0 Å². The van der Waals surface area contributed by atoms with Gasteiger partial charge in [0.1, 0.15) is 0 Å². The van der Waals surface area contributed by atoms with E-state index in [1.165, 1.54) is 42.9 Å². The van der Waals surface area contributed by atoms with Crippen LogP contribution in [-0.2, 0) is 6.54 Å². The summed E-state index contributed by atoms with van der Waals surface area (Å²) in [5.74, 6) is 6.05. The van der Waals surface area contributed by atoms with Crippen molar-refractivity contribution in [2.45, 2.75) is 57.8 Å². The van der Waals surface area contributed by atoms with Crippen LogP contribution in [0.4, 0.5) is 0 Å². The van der Waals surface area contributed by atoms with Crippen molar-refractivity contribution in [3.63, 3.8) is 0 Å². The van der Waals surface area contributed by atoms with E-state index in [0.717, 1.165) is 18.4 Å². The smallest absolute Gasteiger partial charge is 0.162 e. The summed E-state index contributed by atoms with van der Waals surface area (Å²) in [6.45, 7) is 5.76. The molecular weight excluding hydrogens is 354 g/mol. The van der Waals surface area contributed by atoms with Crippen molar-refractivity contribution in [2.24, 2.45) is 17.8 Å². The number of nitrogens with one attached hydrogen (secondary N) is 1. The molecule has 1 N–H and O–H groups in total. The molecule has 2 aliphatic carbocycles. The number of benzene rings is 2. The first-order valence-electron chi connectivity index (χ1n) is 11.0. The molecule has 0 bridgehead atoms. The van der Waals surface area contributed by atoms with Gasteiger partial charge in [-0.1, -0.05) is 93.0 Å². The van der Waals surface area contributed by atoms with Crippen molar-refractivity contribution in [1.29, 1.82) is 0 Å². The van der Waals surface area contributed by atoms with Crippen molar-refractivity contribution in [3.8, 4) is 11.5 Å². The Bertz CT molecular complexity index is 818. The molecule has 0 amide bonds. The second-order valence-corrected chi connectivity index (χ2v) is 13.3. The molecule has 0 spiro atoms. The van der Waals surface area contributed by atoms with Gasteiger partial charge < -0.3 is 5.32 Å². The van der Waals surface area contributed by atoms with Crippen LogP contribution in [-0.4, -0.2) is 14.1 Å². The topological polar surface area (TPSA) is 12.0 Å². The zero-order chi connectivity index (χ0) is 19.4. The molecule has 2 fully saturated rings. The molecule has 0 unspecified atom stereocenters. The molecular formula is C26H33NSi. The Morgan fingerprint density at radius 3 is 2.36 bits per heavy atom. The Morgan fingerprint density at radius 1 is 0.929 bits per heavy atom. The minimum atomic E-state index is -1.71. The summed E-state index contributed by atoms with van der Waals surface area (Å²) in [4.78, 5) is 0. The fraction of sp³-hybridized carbons (Fsp3) is 0.462. The lowest BCUT2D eigenvalue weighted by atomic mass is 9.78. The van der Waals surface area contributed by atoms with E-state index in [9.17, 15) is 0 Å². The zero-order valence-corrected chi connectivity index (χ0v) is 18.3. The van der Waals surface area contributed by atoms with Gasteiger partial charge in [-0.3, -0.25) is 0 Å². The summed E-state index contributed by atoms with van der Waals surface area (Å²) in [5.41, 5.74) is 5.21. The standard InChI is InChI=1S/C26H33NSi/c1-28(2,23-14-7-4-8-15-23)18-17-25-24-16-10-9-13-22(24)19-26(25)27-20-21-11-5-3-6-12-21/h3-8,11-12,14-15,22,24-27H,9-10,13,16,19-20H2,1-2H3/t22-,24+,25-,26+/m1/s1. The molecule has 2 aliphatic rings. The van der Waals surface area contributed by atoms with Crippen LogP contribution in [0.1, 0.15) is 37.7 Å². The number of fused-ring (bicyclic) bond motifs is 1. The molecule has 0 radical (unpaired) electrons. The Labute approximate surface area is 172 Å². The second-order valence-electron chi connectivity index (χ2n) is 9.20. The molecule has 0 aliphatic heterocycles. The maximum absolute atomic E-state index is 3.89. The van der Waals surface area contributed by atoms with E-state index in [2.05, 4.69) is 90.5 Å². The molecule has 28 heavy (non-hydrogen) atoms. The third-order valence-electron chi connectivity index (χ3n) is 6.88. The summed E-state index contributed by atoms with van der Waals surface area (Å²) in [6, 6.07) is 22.3. The van der Waals surface area contributed by atoms with Gasteiger partial charge >= 0.3 is 0 Å². The molecule has 0 heterocycles. The zero-order valence-electron chi connectivity index (χ0n) is 17.3. The second kappa shape index (κ2) is 8.68. The van der Waals surface area contributed by atoms with E-state index in [0.29, 0.717) is 12.0 Å². The summed E-state index contributed by atoms with van der Waals surface area (Å²) in [5, 5.41) is 5.35. The summed E-state index contributed by atoms with van der Waals surface area (Å²) in [7, 11) is -1.71. The van der Waals surface area contributed by atoms with E-state index < -0.39 is 8.07 Å². The fourth-order valence-corrected chi connectivity index (χ4v) is 6.92. The Kier molecular flexibility index (Phi) is 6.04. The first-order valence-corrected chi connectivity index (χ1v) is 14.0. The van der Waals surface area contributed by atoms with Crippen molar-refractivity contribution < 1.29 is 0 Å². The highest BCUT2D eigenvalue weighted by Gasteiger charge is 2.43. The van der Waals surface area contributed by atoms with Crippen molar-refractivity contribution in [3.05, 3.63) is 66.2 Å². The van der Waals surface area contributed by atoms with Crippen LogP contribution in [0.25, 0.3) is 0 Å². The normalized spacial score (nSPS) is 26.9. The van der Waals surface area contributed by atoms with E-state index >= 15 is 0 Å². The largest absolute Gasteiger partial charge is 0.309 e. The molecule has 2 aromatic carbocycles. The molecule has 4 atom stereocenters. The van der Waals surface area contributed by atoms with Crippen LogP contribution in [0.3, 0.4) is 0 Å². The lowest BCUT2D eigenvalue weighted by molar-refractivity contribution is 0.252. The first kappa shape index (κ1) is 19.5. The molecule has 0 aromatic heterocycles. The Hall–Kier alpha value is -1.82. The Morgan fingerprint density at radius 2 is 1.61 bits per heavy atom. The maximum Gasteiger partial charge on any atom is 0.162 e. The highest BCUT2D eigenvalue weighted by Crippen LogP contribution is 2.45. The molecule has 2 saturated carbocycles. The summed E-state index contributed by atoms with van der Waals surface area (Å²) < 4.78 is 0. The highest BCUT2D eigenvalue weighted by atomic mass is 28.3. The van der Waals surface area contributed by atoms with Crippen LogP contribution in [0.5, 0.6) is 0 Å². The molecule has 0 saturated heterocycles. The quantitative estimate of drug-likeness (QED) is 0.566. The Balaban J connectivity index is 1.53.